The molecular formula is C26H24N2O4S. The molecule has 1 N–H and O–H groups in total. The highest BCUT2D eigenvalue weighted by atomic mass is 32.1. The number of nitrogens with zero attached hydrogens (tertiary/aromatic N) is 2. The molecule has 1 aliphatic rings. The van der Waals surface area contributed by atoms with E-state index < -0.39 is 17.7 Å². The molecule has 0 aliphatic carbocycles. The fraction of sp³-hybridized carbons (Fsp3) is 0.231. The van der Waals surface area contributed by atoms with E-state index in [1.54, 1.807) is 13.0 Å². The molecule has 0 radical (unpaired) electrons. The number of aliphatic hydroxyl groups is 1. The highest BCUT2D eigenvalue weighted by Gasteiger charge is 2.48. The Morgan fingerprint density at radius 3 is 2.24 bits per heavy atom. The molecular weight excluding hydrogens is 436 g/mol. The minimum absolute atomic E-state index is 0.00906. The van der Waals surface area contributed by atoms with Gasteiger partial charge in [-0.2, -0.15) is 0 Å². The third-order valence-electron chi connectivity index (χ3n) is 5.80. The van der Waals surface area contributed by atoms with Crippen LogP contribution in [0.1, 0.15) is 56.1 Å². The molecule has 2 heterocycles. The molecule has 3 aromatic rings. The Morgan fingerprint density at radius 1 is 1.00 bits per heavy atom. The van der Waals surface area contributed by atoms with Crippen molar-refractivity contribution in [2.24, 2.45) is 0 Å². The molecule has 1 atom stereocenters. The van der Waals surface area contributed by atoms with Gasteiger partial charge in [0.15, 0.2) is 10.9 Å². The van der Waals surface area contributed by atoms with Crippen LogP contribution in [-0.4, -0.2) is 27.6 Å². The predicted octanol–water partition coefficient (Wildman–Crippen LogP) is 5.21. The lowest BCUT2D eigenvalue weighted by Crippen LogP contribution is -2.29. The Morgan fingerprint density at radius 2 is 1.64 bits per heavy atom. The van der Waals surface area contributed by atoms with Crippen molar-refractivity contribution in [1.29, 1.82) is 0 Å². The first-order valence-electron chi connectivity index (χ1n) is 10.5. The van der Waals surface area contributed by atoms with Gasteiger partial charge in [0.25, 0.3) is 5.78 Å². The second-order valence-electron chi connectivity index (χ2n) is 8.37. The van der Waals surface area contributed by atoms with Gasteiger partial charge in [0.2, 0.25) is 0 Å². The number of hydrogen-bond acceptors (Lipinski definition) is 6. The summed E-state index contributed by atoms with van der Waals surface area (Å²) in [5.74, 6) is -1.94. The molecule has 1 fully saturated rings. The van der Waals surface area contributed by atoms with Gasteiger partial charge in [0, 0.05) is 12.5 Å². The Bertz CT molecular complexity index is 1330. The molecule has 1 unspecified atom stereocenters. The molecule has 2 aromatic carbocycles. The summed E-state index contributed by atoms with van der Waals surface area (Å²) in [5, 5.41) is 11.6. The smallest absolute Gasteiger partial charge is 0.301 e. The Labute approximate surface area is 196 Å². The summed E-state index contributed by atoms with van der Waals surface area (Å²) < 4.78 is 0. The van der Waals surface area contributed by atoms with Crippen molar-refractivity contribution in [3.63, 3.8) is 0 Å². The van der Waals surface area contributed by atoms with Gasteiger partial charge in [-0.15, -0.1) is 0 Å². The Hall–Kier alpha value is -3.58. The number of ketones is 2. The van der Waals surface area contributed by atoms with Gasteiger partial charge in [0.1, 0.15) is 5.76 Å². The number of amides is 1. The van der Waals surface area contributed by atoms with Crippen LogP contribution >= 0.6 is 11.3 Å². The van der Waals surface area contributed by atoms with Crippen molar-refractivity contribution in [2.75, 3.05) is 4.90 Å². The van der Waals surface area contributed by atoms with E-state index in [-0.39, 0.29) is 22.2 Å². The number of aliphatic hydroxyl groups excluding tert-OH is 1. The van der Waals surface area contributed by atoms with Crippen molar-refractivity contribution in [1.82, 2.24) is 4.98 Å². The number of aryl methyl sites for hydroxylation is 4. The number of benzene rings is 2. The fourth-order valence-corrected chi connectivity index (χ4v) is 5.03. The topological polar surface area (TPSA) is 87.6 Å². The summed E-state index contributed by atoms with van der Waals surface area (Å²) in [6.45, 7) is 8.82. The van der Waals surface area contributed by atoms with Crippen LogP contribution in [0, 0.1) is 27.7 Å². The molecule has 1 amide bonds. The number of rotatable bonds is 4. The monoisotopic (exact) mass is 460 g/mol. The maximum absolute atomic E-state index is 13.3. The SMILES string of the molecule is CC(=O)c1sc(N2C(=O)C(=O)C(=C(O)c3cc(C)ccc3C)C2c2ccc(C)cc2)nc1C. The number of carbonyl (C=O) groups excluding carboxylic acids is 3. The normalized spacial score (nSPS) is 17.6. The third kappa shape index (κ3) is 3.89. The van der Waals surface area contributed by atoms with Crippen LogP contribution in [0.5, 0.6) is 0 Å². The van der Waals surface area contributed by atoms with Crippen molar-refractivity contribution >= 4 is 39.7 Å². The average Bonchev–Trinajstić information content (AvgIpc) is 3.27. The van der Waals surface area contributed by atoms with Crippen LogP contribution in [0.3, 0.4) is 0 Å². The molecule has 1 aliphatic heterocycles. The second-order valence-corrected chi connectivity index (χ2v) is 9.34. The highest BCUT2D eigenvalue weighted by molar-refractivity contribution is 7.18. The average molecular weight is 461 g/mol. The number of aromatic nitrogens is 1. The van der Waals surface area contributed by atoms with E-state index in [0.29, 0.717) is 21.7 Å². The number of hydrogen-bond donors (Lipinski definition) is 1. The van der Waals surface area contributed by atoms with Crippen LogP contribution in [0.15, 0.2) is 48.0 Å². The van der Waals surface area contributed by atoms with Crippen LogP contribution in [0.4, 0.5) is 5.13 Å². The third-order valence-corrected chi connectivity index (χ3v) is 7.05. The van der Waals surface area contributed by atoms with Crippen molar-refractivity contribution < 1.29 is 19.5 Å². The molecule has 1 aromatic heterocycles. The van der Waals surface area contributed by atoms with E-state index >= 15 is 0 Å². The van der Waals surface area contributed by atoms with E-state index in [0.717, 1.165) is 28.0 Å². The van der Waals surface area contributed by atoms with Gasteiger partial charge in [-0.1, -0.05) is 58.9 Å². The standard InChI is InChI=1S/C26H24N2O4S/c1-13-7-10-18(11-8-13)21-20(22(30)19-12-14(2)6-9-15(19)3)23(31)25(32)28(21)26-27-16(4)24(33-26)17(5)29/h6-12,21,30H,1-5H3. The molecule has 168 valence electrons. The van der Waals surface area contributed by atoms with Crippen molar-refractivity contribution in [3.8, 4) is 0 Å². The van der Waals surface area contributed by atoms with Crippen LogP contribution in [0.25, 0.3) is 5.76 Å². The zero-order valence-electron chi connectivity index (χ0n) is 19.1. The maximum Gasteiger partial charge on any atom is 0.301 e. The molecule has 4 rings (SSSR count). The Kier molecular flexibility index (Phi) is 5.76. The van der Waals surface area contributed by atoms with Gasteiger partial charge in [-0.3, -0.25) is 19.3 Å². The van der Waals surface area contributed by atoms with Gasteiger partial charge in [0.05, 0.1) is 22.2 Å². The summed E-state index contributed by atoms with van der Waals surface area (Å²) in [5.41, 5.74) is 4.42. The second kappa shape index (κ2) is 8.41. The first-order chi connectivity index (χ1) is 15.6. The molecule has 0 saturated carbocycles. The van der Waals surface area contributed by atoms with E-state index in [4.69, 9.17) is 0 Å². The largest absolute Gasteiger partial charge is 0.507 e. The quantitative estimate of drug-likeness (QED) is 0.250. The van der Waals surface area contributed by atoms with E-state index in [9.17, 15) is 19.5 Å². The van der Waals surface area contributed by atoms with E-state index in [1.807, 2.05) is 57.2 Å². The number of anilines is 1. The maximum atomic E-state index is 13.3. The van der Waals surface area contributed by atoms with Gasteiger partial charge < -0.3 is 5.11 Å². The summed E-state index contributed by atoms with van der Waals surface area (Å²) in [6, 6.07) is 12.2. The minimum Gasteiger partial charge on any atom is -0.507 e. The number of thiazole rings is 1. The lowest BCUT2D eigenvalue weighted by Gasteiger charge is -2.23. The lowest BCUT2D eigenvalue weighted by molar-refractivity contribution is -0.132. The first kappa shape index (κ1) is 22.6. The predicted molar refractivity (Wildman–Crippen MR) is 129 cm³/mol. The lowest BCUT2D eigenvalue weighted by atomic mass is 9.93. The molecule has 0 spiro atoms. The van der Waals surface area contributed by atoms with Crippen LogP contribution in [0.2, 0.25) is 0 Å². The first-order valence-corrected chi connectivity index (χ1v) is 11.4. The van der Waals surface area contributed by atoms with E-state index in [2.05, 4.69) is 4.98 Å². The molecule has 0 bridgehead atoms. The summed E-state index contributed by atoms with van der Waals surface area (Å²) >= 11 is 1.08. The molecule has 33 heavy (non-hydrogen) atoms. The van der Waals surface area contributed by atoms with E-state index in [1.165, 1.54) is 11.8 Å². The minimum atomic E-state index is -0.865. The highest BCUT2D eigenvalue weighted by Crippen LogP contribution is 2.44. The Balaban J connectivity index is 1.98. The fourth-order valence-electron chi connectivity index (χ4n) is 4.04. The summed E-state index contributed by atoms with van der Waals surface area (Å²) in [7, 11) is 0. The van der Waals surface area contributed by atoms with Crippen molar-refractivity contribution in [3.05, 3.63) is 86.4 Å². The van der Waals surface area contributed by atoms with Crippen molar-refractivity contribution in [2.45, 2.75) is 40.7 Å². The molecule has 7 heteroatoms. The molecule has 1 saturated heterocycles. The summed E-state index contributed by atoms with van der Waals surface area (Å²) in [6.07, 6.45) is 0. The molecule has 6 nitrogen and oxygen atoms in total. The van der Waals surface area contributed by atoms with Crippen LogP contribution < -0.4 is 4.90 Å². The zero-order chi connectivity index (χ0) is 24.0. The van der Waals surface area contributed by atoms with Gasteiger partial charge >= 0.3 is 5.91 Å². The zero-order valence-corrected chi connectivity index (χ0v) is 19.9. The van der Waals surface area contributed by atoms with Gasteiger partial charge in [-0.05, 0) is 44.9 Å². The van der Waals surface area contributed by atoms with Gasteiger partial charge in [-0.25, -0.2) is 4.98 Å². The summed E-state index contributed by atoms with van der Waals surface area (Å²) in [4.78, 5) is 44.7. The van der Waals surface area contributed by atoms with Crippen LogP contribution in [-0.2, 0) is 9.59 Å². The number of Topliss-reactive ketones (excluding diaryl/α,β-unsaturated/α-hetero) is 2. The number of carbonyl (C=O) groups is 3.